The predicted molar refractivity (Wildman–Crippen MR) is 130 cm³/mol. The minimum Gasteiger partial charge on any atom is -0.497 e. The fraction of sp³-hybridized carbons (Fsp3) is 0.360. The van der Waals surface area contributed by atoms with Gasteiger partial charge in [0.25, 0.3) is 0 Å². The topological polar surface area (TPSA) is 112 Å². The molecular formula is C25H31N5O4. The van der Waals surface area contributed by atoms with Crippen LogP contribution in [0.3, 0.4) is 0 Å². The lowest BCUT2D eigenvalue weighted by Crippen LogP contribution is -2.47. The minimum atomic E-state index is -0.195. The van der Waals surface area contributed by atoms with Crippen LogP contribution in [0.25, 0.3) is 11.1 Å². The van der Waals surface area contributed by atoms with E-state index in [1.54, 1.807) is 19.5 Å². The second-order valence-corrected chi connectivity index (χ2v) is 8.16. The monoisotopic (exact) mass is 465 g/mol. The van der Waals surface area contributed by atoms with Crippen LogP contribution in [0.1, 0.15) is 18.4 Å². The summed E-state index contributed by atoms with van der Waals surface area (Å²) in [7, 11) is 1.64. The number of carbonyl (C=O) groups excluding carboxylic acids is 1. The Balaban J connectivity index is 1.58. The molecule has 0 bridgehead atoms. The van der Waals surface area contributed by atoms with Gasteiger partial charge in [0.1, 0.15) is 18.1 Å². The maximum atomic E-state index is 13.6. The first kappa shape index (κ1) is 23.6. The number of aliphatic hydroxyl groups excluding tert-OH is 1. The van der Waals surface area contributed by atoms with Gasteiger partial charge in [0.15, 0.2) is 0 Å². The number of aromatic nitrogens is 2. The average Bonchev–Trinajstić information content (AvgIpc) is 3.42. The first-order chi connectivity index (χ1) is 16.7. The number of amides is 2. The van der Waals surface area contributed by atoms with Gasteiger partial charge in [-0.15, -0.1) is 0 Å². The number of aromatic amines is 1. The van der Waals surface area contributed by atoms with Gasteiger partial charge in [-0.1, -0.05) is 18.2 Å². The lowest BCUT2D eigenvalue weighted by molar-refractivity contribution is 0.166. The molecule has 0 radical (unpaired) electrons. The third-order valence-corrected chi connectivity index (χ3v) is 5.90. The van der Waals surface area contributed by atoms with Crippen molar-refractivity contribution in [2.75, 3.05) is 38.7 Å². The van der Waals surface area contributed by atoms with E-state index < -0.39 is 0 Å². The first-order valence-electron chi connectivity index (χ1n) is 11.5. The van der Waals surface area contributed by atoms with Crippen LogP contribution < -0.4 is 20.1 Å². The molecule has 0 saturated carbocycles. The Hall–Kier alpha value is -3.56. The molecule has 180 valence electrons. The van der Waals surface area contributed by atoms with Crippen molar-refractivity contribution in [1.82, 2.24) is 20.4 Å². The Kier molecular flexibility index (Phi) is 8.00. The number of hydrogen-bond donors (Lipinski definition) is 4. The Labute approximate surface area is 199 Å². The maximum Gasteiger partial charge on any atom is 0.322 e. The summed E-state index contributed by atoms with van der Waals surface area (Å²) in [4.78, 5) is 15.4. The Morgan fingerprint density at radius 3 is 2.79 bits per heavy atom. The molecule has 0 spiro atoms. The van der Waals surface area contributed by atoms with Crippen molar-refractivity contribution in [1.29, 1.82) is 0 Å². The van der Waals surface area contributed by atoms with Gasteiger partial charge in [-0.2, -0.15) is 5.10 Å². The standard InChI is InChI=1S/C25H31N5O4/c1-33-22-4-2-3-18(13-22)17-30(21-7-9-26-10-8-21)25(32)29-23-6-5-19(20-15-27-28-16-20)14-24(23)34-12-11-31/h2-6,13-16,21,26,31H,7-12,17H2,1H3,(H,27,28)(H,29,32). The highest BCUT2D eigenvalue weighted by atomic mass is 16.5. The first-order valence-corrected chi connectivity index (χ1v) is 11.5. The number of anilines is 1. The van der Waals surface area contributed by atoms with E-state index in [2.05, 4.69) is 20.8 Å². The number of piperidine rings is 1. The van der Waals surface area contributed by atoms with Crippen LogP contribution in [0, 0.1) is 0 Å². The number of benzene rings is 2. The van der Waals surface area contributed by atoms with Crippen molar-refractivity contribution in [3.05, 3.63) is 60.4 Å². The normalized spacial score (nSPS) is 13.9. The van der Waals surface area contributed by atoms with Gasteiger partial charge in [-0.25, -0.2) is 4.79 Å². The Morgan fingerprint density at radius 2 is 2.06 bits per heavy atom. The molecule has 2 heterocycles. The highest BCUT2D eigenvalue weighted by Crippen LogP contribution is 2.31. The summed E-state index contributed by atoms with van der Waals surface area (Å²) in [5.74, 6) is 1.26. The van der Waals surface area contributed by atoms with E-state index in [-0.39, 0.29) is 25.3 Å². The van der Waals surface area contributed by atoms with E-state index in [9.17, 15) is 9.90 Å². The third kappa shape index (κ3) is 5.86. The van der Waals surface area contributed by atoms with Crippen LogP contribution in [-0.2, 0) is 6.54 Å². The van der Waals surface area contributed by atoms with Gasteiger partial charge in [-0.3, -0.25) is 5.10 Å². The van der Waals surface area contributed by atoms with Crippen LogP contribution in [0.5, 0.6) is 11.5 Å². The predicted octanol–water partition coefficient (Wildman–Crippen LogP) is 3.24. The average molecular weight is 466 g/mol. The quantitative estimate of drug-likeness (QED) is 0.386. The molecule has 9 heteroatoms. The molecule has 1 aliphatic heterocycles. The summed E-state index contributed by atoms with van der Waals surface area (Å²) in [6.45, 7) is 2.21. The van der Waals surface area contributed by atoms with Crippen molar-refractivity contribution in [2.24, 2.45) is 0 Å². The van der Waals surface area contributed by atoms with Crippen molar-refractivity contribution < 1.29 is 19.4 Å². The smallest absolute Gasteiger partial charge is 0.322 e. The van der Waals surface area contributed by atoms with E-state index in [1.165, 1.54) is 0 Å². The number of ether oxygens (including phenoxy) is 2. The molecule has 0 atom stereocenters. The summed E-state index contributed by atoms with van der Waals surface area (Å²) in [5.41, 5.74) is 3.35. The Morgan fingerprint density at radius 1 is 1.21 bits per heavy atom. The molecule has 1 aliphatic rings. The number of urea groups is 1. The van der Waals surface area contributed by atoms with Crippen LogP contribution in [0.15, 0.2) is 54.9 Å². The molecule has 1 fully saturated rings. The second-order valence-electron chi connectivity index (χ2n) is 8.16. The zero-order chi connectivity index (χ0) is 23.8. The number of aliphatic hydroxyl groups is 1. The van der Waals surface area contributed by atoms with Crippen LogP contribution in [0.2, 0.25) is 0 Å². The number of rotatable bonds is 9. The molecule has 34 heavy (non-hydrogen) atoms. The molecule has 0 aliphatic carbocycles. The fourth-order valence-corrected chi connectivity index (χ4v) is 4.13. The molecule has 0 unspecified atom stereocenters. The lowest BCUT2D eigenvalue weighted by atomic mass is 10.0. The number of H-pyrrole nitrogens is 1. The van der Waals surface area contributed by atoms with Crippen molar-refractivity contribution in [2.45, 2.75) is 25.4 Å². The molecule has 9 nitrogen and oxygen atoms in total. The number of carbonyl (C=O) groups is 1. The van der Waals surface area contributed by atoms with Crippen LogP contribution >= 0.6 is 0 Å². The number of nitrogens with zero attached hydrogens (tertiary/aromatic N) is 2. The number of methoxy groups -OCH3 is 1. The molecule has 1 aromatic heterocycles. The van der Waals surface area contributed by atoms with Gasteiger partial charge in [0.2, 0.25) is 0 Å². The van der Waals surface area contributed by atoms with Gasteiger partial charge < -0.3 is 30.1 Å². The highest BCUT2D eigenvalue weighted by molar-refractivity contribution is 5.92. The van der Waals surface area contributed by atoms with Gasteiger partial charge in [-0.05, 0) is 61.3 Å². The summed E-state index contributed by atoms with van der Waals surface area (Å²) in [6, 6.07) is 13.3. The molecule has 2 amide bonds. The number of hydrogen-bond acceptors (Lipinski definition) is 6. The lowest BCUT2D eigenvalue weighted by Gasteiger charge is -2.35. The second kappa shape index (κ2) is 11.5. The van der Waals surface area contributed by atoms with E-state index >= 15 is 0 Å². The van der Waals surface area contributed by atoms with Crippen LogP contribution in [0.4, 0.5) is 10.5 Å². The zero-order valence-electron chi connectivity index (χ0n) is 19.3. The summed E-state index contributed by atoms with van der Waals surface area (Å²) in [5, 5.41) is 22.5. The van der Waals surface area contributed by atoms with E-state index in [4.69, 9.17) is 9.47 Å². The summed E-state index contributed by atoms with van der Waals surface area (Å²) < 4.78 is 11.1. The molecular weight excluding hydrogens is 434 g/mol. The molecule has 2 aromatic carbocycles. The van der Waals surface area contributed by atoms with Crippen LogP contribution in [-0.4, -0.2) is 65.7 Å². The maximum absolute atomic E-state index is 13.6. The summed E-state index contributed by atoms with van der Waals surface area (Å²) in [6.07, 6.45) is 5.27. The van der Waals surface area contributed by atoms with E-state index in [0.717, 1.165) is 48.4 Å². The van der Waals surface area contributed by atoms with Gasteiger partial charge in [0, 0.05) is 24.3 Å². The fourth-order valence-electron chi connectivity index (χ4n) is 4.13. The summed E-state index contributed by atoms with van der Waals surface area (Å²) >= 11 is 0. The largest absolute Gasteiger partial charge is 0.497 e. The zero-order valence-corrected chi connectivity index (χ0v) is 19.3. The van der Waals surface area contributed by atoms with E-state index in [1.807, 2.05) is 47.4 Å². The molecule has 3 aromatic rings. The minimum absolute atomic E-state index is 0.111. The van der Waals surface area contributed by atoms with Crippen molar-refractivity contribution in [3.8, 4) is 22.6 Å². The Bertz CT molecular complexity index is 1070. The van der Waals surface area contributed by atoms with Gasteiger partial charge >= 0.3 is 6.03 Å². The molecule has 4 rings (SSSR count). The third-order valence-electron chi connectivity index (χ3n) is 5.90. The number of nitrogens with one attached hydrogen (secondary N) is 3. The molecule has 4 N–H and O–H groups in total. The van der Waals surface area contributed by atoms with E-state index in [0.29, 0.717) is 18.0 Å². The van der Waals surface area contributed by atoms with Crippen molar-refractivity contribution >= 4 is 11.7 Å². The highest BCUT2D eigenvalue weighted by Gasteiger charge is 2.26. The SMILES string of the molecule is COc1cccc(CN(C(=O)Nc2ccc(-c3cn[nH]c3)cc2OCCO)C2CCNCC2)c1. The van der Waals surface area contributed by atoms with Gasteiger partial charge in [0.05, 0.1) is 25.6 Å². The molecule has 1 saturated heterocycles. The van der Waals surface area contributed by atoms with Crippen molar-refractivity contribution in [3.63, 3.8) is 0 Å².